The normalized spacial score (nSPS) is 38.8. The van der Waals surface area contributed by atoms with Crippen molar-refractivity contribution in [1.82, 2.24) is 9.55 Å². The molecule has 0 bridgehead atoms. The Hall–Kier alpha value is -0.320. The van der Waals surface area contributed by atoms with Gasteiger partial charge in [-0.3, -0.25) is 13.6 Å². The first-order chi connectivity index (χ1) is 11.2. The number of fused-ring (bicyclic) bond motifs is 2. The maximum Gasteiger partial charge on any atom is 0.325 e. The Labute approximate surface area is 150 Å². The molecule has 3 N–H and O–H groups in total. The summed E-state index contributed by atoms with van der Waals surface area (Å²) in [5, 5.41) is 21.1. The zero-order valence-corrected chi connectivity index (χ0v) is 15.0. The molecule has 12 heteroatoms. The molecular weight excluding hydrogens is 402 g/mol. The van der Waals surface area contributed by atoms with Gasteiger partial charge in [-0.1, -0.05) is 23.2 Å². The topological polar surface area (TPSA) is 106 Å². The third-order valence-electron chi connectivity index (χ3n) is 3.98. The highest BCUT2D eigenvalue weighted by Gasteiger charge is 2.64. The number of aliphatic hydroxyl groups excluding tert-OH is 1. The van der Waals surface area contributed by atoms with Gasteiger partial charge in [0.25, 0.3) is 5.91 Å². The van der Waals surface area contributed by atoms with Crippen LogP contribution in [0.4, 0.5) is 0 Å². The van der Waals surface area contributed by atoms with E-state index in [2.05, 4.69) is 4.98 Å². The van der Waals surface area contributed by atoms with E-state index in [9.17, 15) is 15.1 Å². The summed E-state index contributed by atoms with van der Waals surface area (Å²) in [6.45, 7) is -3.99. The quantitative estimate of drug-likeness (QED) is 0.634. The number of nitrogens with zero attached hydrogens (tertiary/aromatic N) is 2. The van der Waals surface area contributed by atoms with Crippen LogP contribution in [0.2, 0.25) is 10.0 Å². The Morgan fingerprint density at radius 3 is 2.75 bits per heavy atom. The Bertz CT molecular complexity index is 881. The van der Waals surface area contributed by atoms with Gasteiger partial charge in [-0.05, 0) is 23.9 Å². The number of imidazole rings is 1. The van der Waals surface area contributed by atoms with Gasteiger partial charge in [0, 0.05) is 0 Å². The van der Waals surface area contributed by atoms with Gasteiger partial charge in [-0.2, -0.15) is 0 Å². The molecule has 0 radical (unpaired) electrons. The van der Waals surface area contributed by atoms with E-state index >= 15 is 0 Å². The fourth-order valence-electron chi connectivity index (χ4n) is 2.93. The summed E-state index contributed by atoms with van der Waals surface area (Å²) < 4.78 is 17.4. The van der Waals surface area contributed by atoms with E-state index in [1.165, 1.54) is 23.0 Å². The SMILES string of the molecule is OC[C@H]1O[C@](O)(n2cnc3cc(Cl)c(Cl)cc32)[C@@H]2OP(O)(=S)O[C@@H]21. The molecule has 1 unspecified atom stereocenters. The van der Waals surface area contributed by atoms with E-state index in [1.54, 1.807) is 0 Å². The number of aromatic nitrogens is 2. The molecule has 1 aromatic heterocycles. The van der Waals surface area contributed by atoms with E-state index in [-0.39, 0.29) is 5.02 Å². The van der Waals surface area contributed by atoms with Gasteiger partial charge in [0.05, 0.1) is 27.7 Å². The largest absolute Gasteiger partial charge is 0.394 e. The molecule has 0 amide bonds. The third-order valence-corrected chi connectivity index (χ3v) is 6.22. The molecular formula is C12H11Cl2N2O6PS. The fraction of sp³-hybridized carbons (Fsp3) is 0.417. The molecule has 0 spiro atoms. The highest BCUT2D eigenvalue weighted by molar-refractivity contribution is 8.07. The Balaban J connectivity index is 1.86. The van der Waals surface area contributed by atoms with Crippen LogP contribution in [-0.2, 0) is 31.5 Å². The highest BCUT2D eigenvalue weighted by atomic mass is 35.5. The lowest BCUT2D eigenvalue weighted by Gasteiger charge is -2.29. The van der Waals surface area contributed by atoms with Crippen molar-refractivity contribution in [3.05, 3.63) is 28.5 Å². The van der Waals surface area contributed by atoms with Crippen molar-refractivity contribution in [2.24, 2.45) is 0 Å². The second-order valence-electron chi connectivity index (χ2n) is 5.43. The summed E-state index contributed by atoms with van der Waals surface area (Å²) in [6.07, 6.45) is -1.68. The lowest BCUT2D eigenvalue weighted by atomic mass is 10.1. The summed E-state index contributed by atoms with van der Waals surface area (Å²) in [5.74, 6) is -2.09. The minimum atomic E-state index is -3.53. The van der Waals surface area contributed by atoms with Crippen LogP contribution in [-0.4, -0.2) is 49.6 Å². The zero-order valence-electron chi connectivity index (χ0n) is 11.7. The molecule has 8 nitrogen and oxygen atoms in total. The second-order valence-corrected chi connectivity index (χ2v) is 8.99. The van der Waals surface area contributed by atoms with Crippen LogP contribution in [0.15, 0.2) is 18.5 Å². The van der Waals surface area contributed by atoms with E-state index in [4.69, 9.17) is 48.8 Å². The smallest absolute Gasteiger partial charge is 0.325 e. The second kappa shape index (κ2) is 5.59. The number of hydrogen-bond acceptors (Lipinski definition) is 7. The molecule has 2 fully saturated rings. The summed E-state index contributed by atoms with van der Waals surface area (Å²) in [7, 11) is 0. The van der Waals surface area contributed by atoms with Gasteiger partial charge in [0.1, 0.15) is 18.5 Å². The summed E-state index contributed by atoms with van der Waals surface area (Å²) in [5.41, 5.74) is 0.888. The van der Waals surface area contributed by atoms with Crippen molar-refractivity contribution in [2.45, 2.75) is 24.2 Å². The average molecular weight is 413 g/mol. The van der Waals surface area contributed by atoms with Crippen LogP contribution in [0.5, 0.6) is 0 Å². The van der Waals surface area contributed by atoms with Gasteiger partial charge >= 0.3 is 6.72 Å². The monoisotopic (exact) mass is 412 g/mol. The van der Waals surface area contributed by atoms with Gasteiger partial charge in [-0.25, -0.2) is 4.98 Å². The molecule has 2 saturated heterocycles. The minimum Gasteiger partial charge on any atom is -0.394 e. The predicted molar refractivity (Wildman–Crippen MR) is 88.2 cm³/mol. The minimum absolute atomic E-state index is 0.263. The molecule has 2 aliphatic rings. The molecule has 2 aliphatic heterocycles. The molecule has 5 atom stereocenters. The third kappa shape index (κ3) is 2.44. The fourth-order valence-corrected chi connectivity index (χ4v) is 4.97. The number of benzene rings is 1. The summed E-state index contributed by atoms with van der Waals surface area (Å²) in [6, 6.07) is 3.05. The predicted octanol–water partition coefficient (Wildman–Crippen LogP) is 1.34. The Morgan fingerprint density at radius 2 is 2.04 bits per heavy atom. The van der Waals surface area contributed by atoms with Crippen molar-refractivity contribution in [3.63, 3.8) is 0 Å². The molecule has 130 valence electrons. The van der Waals surface area contributed by atoms with Crippen molar-refractivity contribution >= 4 is 52.8 Å². The van der Waals surface area contributed by atoms with Gasteiger partial charge in [0.15, 0.2) is 6.10 Å². The van der Waals surface area contributed by atoms with Gasteiger partial charge in [-0.15, -0.1) is 0 Å². The number of rotatable bonds is 2. The standard InChI is InChI=1S/C12H11Cl2N2O6PS/c13-5-1-7-8(2-6(5)14)16(4-15-7)12(18)11-10(9(3-17)20-12)21-23(19,24)22-11/h1-2,4,9-11,17-18H,3H2,(H,19,24)/t9-,10-,11-,12+,23?/m1/s1. The van der Waals surface area contributed by atoms with Crippen molar-refractivity contribution in [1.29, 1.82) is 0 Å². The van der Waals surface area contributed by atoms with Crippen molar-refractivity contribution < 1.29 is 28.9 Å². The van der Waals surface area contributed by atoms with Crippen LogP contribution < -0.4 is 0 Å². The maximum atomic E-state index is 11.1. The molecule has 24 heavy (non-hydrogen) atoms. The highest BCUT2D eigenvalue weighted by Crippen LogP contribution is 2.59. The number of hydrogen-bond donors (Lipinski definition) is 3. The Morgan fingerprint density at radius 1 is 1.33 bits per heavy atom. The average Bonchev–Trinajstić information content (AvgIpc) is 3.12. The zero-order chi connectivity index (χ0) is 17.3. The van der Waals surface area contributed by atoms with Crippen LogP contribution >= 0.6 is 29.9 Å². The van der Waals surface area contributed by atoms with Crippen LogP contribution in [0.25, 0.3) is 11.0 Å². The van der Waals surface area contributed by atoms with Crippen LogP contribution in [0.1, 0.15) is 0 Å². The van der Waals surface area contributed by atoms with E-state index in [1.807, 2.05) is 0 Å². The van der Waals surface area contributed by atoms with Crippen LogP contribution in [0.3, 0.4) is 0 Å². The molecule has 1 aromatic carbocycles. The van der Waals surface area contributed by atoms with E-state index in [0.717, 1.165) is 0 Å². The maximum absolute atomic E-state index is 11.1. The number of aliphatic hydroxyl groups is 2. The Kier molecular flexibility index (Phi) is 3.98. The molecule has 2 aromatic rings. The lowest BCUT2D eigenvalue weighted by molar-refractivity contribution is -0.282. The van der Waals surface area contributed by atoms with E-state index in [0.29, 0.717) is 16.1 Å². The number of ether oxygens (including phenoxy) is 1. The lowest BCUT2D eigenvalue weighted by Crippen LogP contribution is -2.44. The summed E-state index contributed by atoms with van der Waals surface area (Å²) >= 11 is 16.8. The van der Waals surface area contributed by atoms with Gasteiger partial charge < -0.3 is 19.8 Å². The number of halogens is 2. The molecule has 4 rings (SSSR count). The molecule has 0 saturated carbocycles. The van der Waals surface area contributed by atoms with Crippen molar-refractivity contribution in [2.75, 3.05) is 6.61 Å². The first-order valence-corrected chi connectivity index (χ1v) is 10.1. The first kappa shape index (κ1) is 17.1. The molecule has 0 aliphatic carbocycles. The van der Waals surface area contributed by atoms with E-state index < -0.39 is 37.5 Å². The first-order valence-electron chi connectivity index (χ1n) is 6.78. The molecule has 3 heterocycles. The van der Waals surface area contributed by atoms with Crippen molar-refractivity contribution in [3.8, 4) is 0 Å². The summed E-state index contributed by atoms with van der Waals surface area (Å²) in [4.78, 5) is 14.1. The van der Waals surface area contributed by atoms with Crippen LogP contribution in [0, 0.1) is 0 Å². The van der Waals surface area contributed by atoms with Gasteiger partial charge in [0.2, 0.25) is 0 Å².